The molecule has 2 aliphatic rings. The standard InChI is InChI=1S/C29H36N4O6/c34-26(24-10-3-1-4-11-24)38-28(36)32-18-8-16-31-15-7-14-30(20-22-32)17-9-19-33(23-21-31)29(37)39-27(35)25-12-5-2-6-13-25/h1-6,10-13H,7-9,14-23H2. The number of esters is 2. The highest BCUT2D eigenvalue weighted by Gasteiger charge is 2.25. The number of carbonyl (C=O) groups excluding carboxylic acids is 4. The van der Waals surface area contributed by atoms with Crippen molar-refractivity contribution in [1.82, 2.24) is 19.6 Å². The third-order valence-electron chi connectivity index (χ3n) is 7.02. The summed E-state index contributed by atoms with van der Waals surface area (Å²) in [5, 5.41) is 0. The highest BCUT2D eigenvalue weighted by Crippen LogP contribution is 2.11. The molecule has 39 heavy (non-hydrogen) atoms. The van der Waals surface area contributed by atoms with Crippen molar-refractivity contribution in [2.75, 3.05) is 65.4 Å². The molecule has 2 bridgehead atoms. The summed E-state index contributed by atoms with van der Waals surface area (Å²) in [6, 6.07) is 17.0. The molecule has 0 radical (unpaired) electrons. The quantitative estimate of drug-likeness (QED) is 0.426. The van der Waals surface area contributed by atoms with E-state index < -0.39 is 24.1 Å². The van der Waals surface area contributed by atoms with E-state index >= 15 is 0 Å². The van der Waals surface area contributed by atoms with Gasteiger partial charge in [0, 0.05) is 39.3 Å². The van der Waals surface area contributed by atoms with Crippen molar-refractivity contribution in [2.45, 2.75) is 19.3 Å². The summed E-state index contributed by atoms with van der Waals surface area (Å²) in [5.74, 6) is -1.30. The van der Waals surface area contributed by atoms with Crippen LogP contribution in [0.1, 0.15) is 40.0 Å². The molecular formula is C29H36N4O6. The van der Waals surface area contributed by atoms with Crippen LogP contribution in [-0.4, -0.2) is 109 Å². The average molecular weight is 537 g/mol. The van der Waals surface area contributed by atoms with Gasteiger partial charge in [0.05, 0.1) is 11.1 Å². The van der Waals surface area contributed by atoms with E-state index in [1.165, 1.54) is 0 Å². The summed E-state index contributed by atoms with van der Waals surface area (Å²) >= 11 is 0. The number of hydrogen-bond acceptors (Lipinski definition) is 8. The van der Waals surface area contributed by atoms with Crippen LogP contribution in [0.4, 0.5) is 9.59 Å². The van der Waals surface area contributed by atoms with Crippen molar-refractivity contribution >= 4 is 24.1 Å². The molecule has 0 N–H and O–H groups in total. The number of amides is 2. The molecule has 2 aromatic rings. The van der Waals surface area contributed by atoms with Gasteiger partial charge in [-0.15, -0.1) is 0 Å². The van der Waals surface area contributed by atoms with Crippen LogP contribution >= 0.6 is 0 Å². The van der Waals surface area contributed by atoms with Crippen LogP contribution in [0.5, 0.6) is 0 Å². The van der Waals surface area contributed by atoms with Gasteiger partial charge in [0.2, 0.25) is 0 Å². The Morgan fingerprint density at radius 1 is 0.462 bits per heavy atom. The van der Waals surface area contributed by atoms with Gasteiger partial charge in [0.1, 0.15) is 0 Å². The minimum Gasteiger partial charge on any atom is -0.372 e. The highest BCUT2D eigenvalue weighted by molar-refractivity contribution is 5.97. The lowest BCUT2D eigenvalue weighted by molar-refractivity contribution is 0.0503. The van der Waals surface area contributed by atoms with Gasteiger partial charge in [0.25, 0.3) is 0 Å². The number of fused-ring (bicyclic) bond motifs is 4. The van der Waals surface area contributed by atoms with Gasteiger partial charge in [-0.25, -0.2) is 19.2 Å². The fraction of sp³-hybridized carbons (Fsp3) is 0.448. The predicted octanol–water partition coefficient (Wildman–Crippen LogP) is 3.35. The zero-order chi connectivity index (χ0) is 27.5. The van der Waals surface area contributed by atoms with E-state index in [1.54, 1.807) is 70.5 Å². The van der Waals surface area contributed by atoms with Crippen molar-refractivity contribution in [1.29, 1.82) is 0 Å². The van der Waals surface area contributed by atoms with Crippen molar-refractivity contribution in [3.05, 3.63) is 71.8 Å². The topological polar surface area (TPSA) is 99.7 Å². The Balaban J connectivity index is 1.37. The Labute approximate surface area is 229 Å². The average Bonchev–Trinajstić information content (AvgIpc) is 3.03. The first kappa shape index (κ1) is 28.3. The van der Waals surface area contributed by atoms with Crippen molar-refractivity contribution < 1.29 is 28.7 Å². The maximum Gasteiger partial charge on any atom is 0.417 e. The van der Waals surface area contributed by atoms with Crippen LogP contribution in [0.3, 0.4) is 0 Å². The zero-order valence-electron chi connectivity index (χ0n) is 22.2. The molecule has 4 rings (SSSR count). The van der Waals surface area contributed by atoms with Crippen molar-refractivity contribution in [3.8, 4) is 0 Å². The number of ether oxygens (including phenoxy) is 2. The van der Waals surface area contributed by atoms with E-state index in [0.717, 1.165) is 32.6 Å². The van der Waals surface area contributed by atoms with Gasteiger partial charge in [-0.2, -0.15) is 0 Å². The van der Waals surface area contributed by atoms with E-state index in [9.17, 15) is 19.2 Å². The monoisotopic (exact) mass is 536 g/mol. The third kappa shape index (κ3) is 8.62. The minimum atomic E-state index is -0.652. The van der Waals surface area contributed by atoms with Crippen LogP contribution in [0, 0.1) is 0 Å². The van der Waals surface area contributed by atoms with E-state index in [1.807, 2.05) is 0 Å². The second-order valence-electron chi connectivity index (χ2n) is 9.76. The van der Waals surface area contributed by atoms with Gasteiger partial charge < -0.3 is 29.1 Å². The Morgan fingerprint density at radius 3 is 1.21 bits per heavy atom. The van der Waals surface area contributed by atoms with Gasteiger partial charge in [-0.1, -0.05) is 36.4 Å². The first-order valence-corrected chi connectivity index (χ1v) is 13.6. The van der Waals surface area contributed by atoms with Gasteiger partial charge in [0.15, 0.2) is 0 Å². The molecule has 0 aromatic heterocycles. The molecule has 208 valence electrons. The summed E-state index contributed by atoms with van der Waals surface area (Å²) in [5.41, 5.74) is 0.680. The molecular weight excluding hydrogens is 500 g/mol. The van der Waals surface area contributed by atoms with Crippen LogP contribution in [0.15, 0.2) is 60.7 Å². The lowest BCUT2D eigenvalue weighted by Crippen LogP contribution is -2.43. The Bertz CT molecular complexity index is 1030. The number of nitrogens with zero attached hydrogens (tertiary/aromatic N) is 4. The fourth-order valence-electron chi connectivity index (χ4n) is 4.83. The number of carbonyl (C=O) groups is 4. The maximum absolute atomic E-state index is 12.9. The van der Waals surface area contributed by atoms with Crippen LogP contribution in [0.2, 0.25) is 0 Å². The Morgan fingerprint density at radius 2 is 0.821 bits per heavy atom. The molecule has 2 aliphatic heterocycles. The fourth-order valence-corrected chi connectivity index (χ4v) is 4.83. The van der Waals surface area contributed by atoms with Gasteiger partial charge in [-0.05, 0) is 69.7 Å². The molecule has 10 heteroatoms. The zero-order valence-corrected chi connectivity index (χ0v) is 22.2. The molecule has 2 unspecified atom stereocenters. The molecule has 10 nitrogen and oxygen atoms in total. The molecule has 2 aromatic carbocycles. The van der Waals surface area contributed by atoms with Gasteiger partial charge >= 0.3 is 24.1 Å². The molecule has 2 amide bonds. The molecule has 0 spiro atoms. The SMILES string of the molecule is O=C(OC(=O)N1CCCN2CCCN(CCCN(C(=O)OC(=O)c3ccccc3)CC2)CC1)c1ccccc1. The molecule has 2 saturated heterocycles. The summed E-state index contributed by atoms with van der Waals surface area (Å²) < 4.78 is 10.4. The largest absolute Gasteiger partial charge is 0.417 e. The molecule has 2 atom stereocenters. The van der Waals surface area contributed by atoms with Crippen molar-refractivity contribution in [3.63, 3.8) is 0 Å². The molecule has 2 heterocycles. The summed E-state index contributed by atoms with van der Waals surface area (Å²) in [6.07, 6.45) is 1.11. The van der Waals surface area contributed by atoms with Crippen molar-refractivity contribution in [2.24, 2.45) is 0 Å². The van der Waals surface area contributed by atoms with E-state index in [0.29, 0.717) is 63.2 Å². The molecule has 0 saturated carbocycles. The summed E-state index contributed by atoms with van der Waals surface area (Å²) in [6.45, 7) is 6.24. The lowest BCUT2D eigenvalue weighted by atomic mass is 10.2. The Kier molecular flexibility index (Phi) is 10.4. The van der Waals surface area contributed by atoms with E-state index in [2.05, 4.69) is 9.80 Å². The second kappa shape index (κ2) is 14.4. The van der Waals surface area contributed by atoms with E-state index in [4.69, 9.17) is 9.47 Å². The predicted molar refractivity (Wildman–Crippen MR) is 144 cm³/mol. The van der Waals surface area contributed by atoms with Crippen LogP contribution in [0.25, 0.3) is 0 Å². The normalized spacial score (nSPS) is 20.8. The lowest BCUT2D eigenvalue weighted by Gasteiger charge is -2.29. The highest BCUT2D eigenvalue weighted by atomic mass is 16.6. The second-order valence-corrected chi connectivity index (χ2v) is 9.76. The first-order valence-electron chi connectivity index (χ1n) is 13.6. The molecule has 2 fully saturated rings. The minimum absolute atomic E-state index is 0.340. The number of hydrogen-bond donors (Lipinski definition) is 0. The van der Waals surface area contributed by atoms with Crippen LogP contribution in [-0.2, 0) is 9.47 Å². The summed E-state index contributed by atoms with van der Waals surface area (Å²) in [4.78, 5) is 58.4. The maximum atomic E-state index is 12.9. The summed E-state index contributed by atoms with van der Waals surface area (Å²) in [7, 11) is 0. The third-order valence-corrected chi connectivity index (χ3v) is 7.02. The van der Waals surface area contributed by atoms with Crippen LogP contribution < -0.4 is 0 Å². The smallest absolute Gasteiger partial charge is 0.372 e. The Hall–Kier alpha value is -3.76. The number of rotatable bonds is 2. The first-order chi connectivity index (χ1) is 19.0. The van der Waals surface area contributed by atoms with E-state index in [-0.39, 0.29) is 0 Å². The number of benzene rings is 2. The molecule has 0 aliphatic carbocycles. The van der Waals surface area contributed by atoms with Gasteiger partial charge in [-0.3, -0.25) is 0 Å².